The summed E-state index contributed by atoms with van der Waals surface area (Å²) >= 11 is 0. The Labute approximate surface area is 151 Å². The molecule has 0 aromatic heterocycles. The fraction of sp³-hybridized carbons (Fsp3) is 0.529. The predicted molar refractivity (Wildman–Crippen MR) is 95.0 cm³/mol. The fourth-order valence-corrected chi connectivity index (χ4v) is 2.75. The van der Waals surface area contributed by atoms with Gasteiger partial charge in [0, 0.05) is 32.2 Å². The van der Waals surface area contributed by atoms with Crippen LogP contribution in [0, 0.1) is 11.6 Å². The summed E-state index contributed by atoms with van der Waals surface area (Å²) in [6.07, 6.45) is 1.78. The second-order valence-corrected chi connectivity index (χ2v) is 6.08. The molecule has 1 saturated heterocycles. The van der Waals surface area contributed by atoms with Crippen LogP contribution in [0.5, 0.6) is 5.75 Å². The van der Waals surface area contributed by atoms with Gasteiger partial charge >= 0.3 is 0 Å². The molecule has 0 unspecified atom stereocenters. The average molecular weight is 369 g/mol. The second-order valence-electron chi connectivity index (χ2n) is 6.08. The maximum atomic E-state index is 13.1. The van der Waals surface area contributed by atoms with Crippen molar-refractivity contribution in [2.75, 3.05) is 39.8 Å². The van der Waals surface area contributed by atoms with Crippen molar-refractivity contribution in [1.82, 2.24) is 15.5 Å². The number of guanidine groups is 1. The van der Waals surface area contributed by atoms with Crippen molar-refractivity contribution in [3.8, 4) is 5.75 Å². The summed E-state index contributed by atoms with van der Waals surface area (Å²) < 4.78 is 31.3. The van der Waals surface area contributed by atoms with Crippen molar-refractivity contribution >= 4 is 11.9 Å². The molecule has 1 aromatic carbocycles. The number of aliphatic imine (C=N–C) groups is 1. The maximum absolute atomic E-state index is 13.1. The van der Waals surface area contributed by atoms with E-state index in [0.717, 1.165) is 38.1 Å². The first kappa shape index (κ1) is 19.9. The monoisotopic (exact) mass is 369 g/mol. The number of nitrogens with two attached hydrogens (primary N) is 1. The third-order valence-electron chi connectivity index (χ3n) is 4.09. The molecule has 144 valence electrons. The Hall–Kier alpha value is -2.42. The number of rotatable bonds is 7. The topological polar surface area (TPSA) is 92.0 Å². The SMILES string of the molecule is CN=C(NCCOc1ccc(F)c(F)c1)NC1CCN(CC(N)=O)CC1. The summed E-state index contributed by atoms with van der Waals surface area (Å²) in [5, 5.41) is 6.44. The van der Waals surface area contributed by atoms with E-state index in [4.69, 9.17) is 10.5 Å². The standard InChI is InChI=1S/C17H25F2N5O2/c1-21-17(23-12-4-7-24(8-5-12)11-16(20)25)22-6-9-26-13-2-3-14(18)15(19)10-13/h2-3,10,12H,4-9,11H2,1H3,(H2,20,25)(H2,21,22,23). The van der Waals surface area contributed by atoms with Gasteiger partial charge in [-0.1, -0.05) is 0 Å². The van der Waals surface area contributed by atoms with Gasteiger partial charge in [-0.3, -0.25) is 14.7 Å². The molecular weight excluding hydrogens is 344 g/mol. The molecule has 0 radical (unpaired) electrons. The molecule has 26 heavy (non-hydrogen) atoms. The summed E-state index contributed by atoms with van der Waals surface area (Å²) in [5.74, 6) is -1.23. The summed E-state index contributed by atoms with van der Waals surface area (Å²) in [7, 11) is 1.67. The van der Waals surface area contributed by atoms with Gasteiger partial charge in [0.25, 0.3) is 0 Å². The summed E-state index contributed by atoms with van der Waals surface area (Å²) in [6, 6.07) is 3.69. The lowest BCUT2D eigenvalue weighted by atomic mass is 10.1. The summed E-state index contributed by atoms with van der Waals surface area (Å²) in [5.41, 5.74) is 5.21. The number of carbonyl (C=O) groups excluding carboxylic acids is 1. The smallest absolute Gasteiger partial charge is 0.231 e. The highest BCUT2D eigenvalue weighted by Gasteiger charge is 2.20. The van der Waals surface area contributed by atoms with Crippen molar-refractivity contribution in [2.45, 2.75) is 18.9 Å². The Morgan fingerprint density at radius 2 is 2.08 bits per heavy atom. The Morgan fingerprint density at radius 3 is 2.69 bits per heavy atom. The normalized spacial score (nSPS) is 16.3. The Kier molecular flexibility index (Phi) is 7.58. The van der Waals surface area contributed by atoms with E-state index < -0.39 is 11.6 Å². The minimum absolute atomic E-state index is 0.262. The first-order valence-corrected chi connectivity index (χ1v) is 8.53. The van der Waals surface area contributed by atoms with Gasteiger partial charge in [-0.05, 0) is 25.0 Å². The van der Waals surface area contributed by atoms with E-state index in [-0.39, 0.29) is 24.3 Å². The zero-order valence-corrected chi connectivity index (χ0v) is 14.8. The van der Waals surface area contributed by atoms with Crippen LogP contribution in [0.4, 0.5) is 8.78 Å². The number of nitrogens with one attached hydrogen (secondary N) is 2. The molecule has 0 saturated carbocycles. The Balaban J connectivity index is 1.66. The summed E-state index contributed by atoms with van der Waals surface area (Å²) in [6.45, 7) is 2.64. The van der Waals surface area contributed by atoms with Crippen LogP contribution in [0.1, 0.15) is 12.8 Å². The maximum Gasteiger partial charge on any atom is 0.231 e. The van der Waals surface area contributed by atoms with E-state index in [1.54, 1.807) is 7.05 Å². The third kappa shape index (κ3) is 6.47. The molecule has 0 atom stereocenters. The van der Waals surface area contributed by atoms with Gasteiger partial charge in [-0.2, -0.15) is 0 Å². The number of likely N-dealkylation sites (tertiary alicyclic amines) is 1. The molecular formula is C17H25F2N5O2. The number of carbonyl (C=O) groups is 1. The van der Waals surface area contributed by atoms with Gasteiger partial charge < -0.3 is 21.1 Å². The van der Waals surface area contributed by atoms with Gasteiger partial charge in [0.15, 0.2) is 17.6 Å². The molecule has 1 aliphatic rings. The van der Waals surface area contributed by atoms with Crippen LogP contribution >= 0.6 is 0 Å². The number of amides is 1. The van der Waals surface area contributed by atoms with E-state index >= 15 is 0 Å². The zero-order valence-electron chi connectivity index (χ0n) is 14.8. The molecule has 0 bridgehead atoms. The number of ether oxygens (including phenoxy) is 1. The van der Waals surface area contributed by atoms with Crippen LogP contribution in [0.2, 0.25) is 0 Å². The molecule has 1 aliphatic heterocycles. The fourth-order valence-electron chi connectivity index (χ4n) is 2.75. The number of benzene rings is 1. The number of nitrogens with zero attached hydrogens (tertiary/aromatic N) is 2. The van der Waals surface area contributed by atoms with Gasteiger partial charge in [-0.25, -0.2) is 8.78 Å². The van der Waals surface area contributed by atoms with Crippen LogP contribution in [0.15, 0.2) is 23.2 Å². The highest BCUT2D eigenvalue weighted by molar-refractivity contribution is 5.80. The molecule has 7 nitrogen and oxygen atoms in total. The van der Waals surface area contributed by atoms with Gasteiger partial charge in [0.1, 0.15) is 12.4 Å². The van der Waals surface area contributed by atoms with Crippen LogP contribution in [0.3, 0.4) is 0 Å². The molecule has 1 heterocycles. The van der Waals surface area contributed by atoms with E-state index in [2.05, 4.69) is 15.6 Å². The minimum atomic E-state index is -0.935. The largest absolute Gasteiger partial charge is 0.492 e. The molecule has 1 amide bonds. The lowest BCUT2D eigenvalue weighted by molar-refractivity contribution is -0.119. The van der Waals surface area contributed by atoms with Crippen molar-refractivity contribution in [3.63, 3.8) is 0 Å². The van der Waals surface area contributed by atoms with Crippen LogP contribution in [0.25, 0.3) is 0 Å². The Morgan fingerprint density at radius 1 is 1.35 bits per heavy atom. The highest BCUT2D eigenvalue weighted by Crippen LogP contribution is 2.15. The van der Waals surface area contributed by atoms with Crippen molar-refractivity contribution < 1.29 is 18.3 Å². The van der Waals surface area contributed by atoms with Crippen LogP contribution in [-0.4, -0.2) is 62.6 Å². The molecule has 0 spiro atoms. The van der Waals surface area contributed by atoms with Crippen LogP contribution < -0.4 is 21.1 Å². The first-order chi connectivity index (χ1) is 12.5. The number of piperidine rings is 1. The van der Waals surface area contributed by atoms with E-state index in [1.807, 2.05) is 4.90 Å². The molecule has 1 aromatic rings. The summed E-state index contributed by atoms with van der Waals surface area (Å²) in [4.78, 5) is 17.1. The van der Waals surface area contributed by atoms with E-state index in [0.29, 0.717) is 19.0 Å². The van der Waals surface area contributed by atoms with E-state index in [9.17, 15) is 13.6 Å². The molecule has 2 rings (SSSR count). The zero-order chi connectivity index (χ0) is 18.9. The lowest BCUT2D eigenvalue weighted by Crippen LogP contribution is -2.50. The van der Waals surface area contributed by atoms with Crippen molar-refractivity contribution in [1.29, 1.82) is 0 Å². The number of hydrogen-bond donors (Lipinski definition) is 3. The van der Waals surface area contributed by atoms with Crippen molar-refractivity contribution in [2.24, 2.45) is 10.7 Å². The first-order valence-electron chi connectivity index (χ1n) is 8.53. The van der Waals surface area contributed by atoms with Gasteiger partial charge in [0.05, 0.1) is 13.1 Å². The average Bonchev–Trinajstić information content (AvgIpc) is 2.61. The number of halogens is 2. The van der Waals surface area contributed by atoms with E-state index in [1.165, 1.54) is 6.07 Å². The predicted octanol–water partition coefficient (Wildman–Crippen LogP) is 0.458. The van der Waals surface area contributed by atoms with Crippen LogP contribution in [-0.2, 0) is 4.79 Å². The molecule has 1 fully saturated rings. The third-order valence-corrected chi connectivity index (χ3v) is 4.09. The number of primary amides is 1. The molecule has 0 aliphatic carbocycles. The van der Waals surface area contributed by atoms with Crippen molar-refractivity contribution in [3.05, 3.63) is 29.8 Å². The molecule has 9 heteroatoms. The minimum Gasteiger partial charge on any atom is -0.492 e. The van der Waals surface area contributed by atoms with Gasteiger partial charge in [0.2, 0.25) is 5.91 Å². The van der Waals surface area contributed by atoms with Gasteiger partial charge in [-0.15, -0.1) is 0 Å². The quantitative estimate of drug-likeness (QED) is 0.369. The second kappa shape index (κ2) is 9.91. The Bertz CT molecular complexity index is 634. The lowest BCUT2D eigenvalue weighted by Gasteiger charge is -2.32. The number of hydrogen-bond acceptors (Lipinski definition) is 4. The molecule has 4 N–H and O–H groups in total. The highest BCUT2D eigenvalue weighted by atomic mass is 19.2.